The number of ether oxygens (including phenoxy) is 6. The average molecular weight is 859 g/mol. The molecule has 62 heavy (non-hydrogen) atoms. The van der Waals surface area contributed by atoms with Gasteiger partial charge in [0.1, 0.15) is 0 Å². The van der Waals surface area contributed by atoms with E-state index in [9.17, 15) is 28.8 Å². The Morgan fingerprint density at radius 2 is 0.855 bits per heavy atom. The predicted molar refractivity (Wildman–Crippen MR) is 227 cm³/mol. The summed E-state index contributed by atoms with van der Waals surface area (Å²) >= 11 is 0. The third-order valence-electron chi connectivity index (χ3n) is 12.8. The summed E-state index contributed by atoms with van der Waals surface area (Å²) in [5, 5.41) is 0. The summed E-state index contributed by atoms with van der Waals surface area (Å²) in [4.78, 5) is 94.7. The van der Waals surface area contributed by atoms with Gasteiger partial charge in [-0.3, -0.25) is 38.7 Å². The lowest BCUT2D eigenvalue weighted by Gasteiger charge is -2.32. The van der Waals surface area contributed by atoms with Crippen molar-refractivity contribution in [2.24, 2.45) is 0 Å². The van der Waals surface area contributed by atoms with E-state index in [1.165, 1.54) is 42.7 Å². The Labute approximate surface area is 360 Å². The highest BCUT2D eigenvalue weighted by molar-refractivity contribution is 5.81. The molecular weight excluding hydrogens is 801 g/mol. The zero-order valence-electron chi connectivity index (χ0n) is 37.3. The minimum absolute atomic E-state index is 0.0156. The number of nitrogens with zero attached hydrogens (tertiary/aromatic N) is 2. The lowest BCUT2D eigenvalue weighted by atomic mass is 9.69. The van der Waals surface area contributed by atoms with Gasteiger partial charge in [-0.2, -0.15) is 0 Å². The van der Waals surface area contributed by atoms with Crippen LogP contribution in [0.3, 0.4) is 0 Å². The summed E-state index contributed by atoms with van der Waals surface area (Å²) in [6.45, 7) is 7.69. The fraction of sp³-hybridized carbons (Fsp3) is 0.522. The minimum atomic E-state index is -1.04. The molecule has 16 heteroatoms. The van der Waals surface area contributed by atoms with Crippen molar-refractivity contribution in [3.63, 3.8) is 0 Å². The number of aromatic nitrogens is 4. The number of H-pyrrole nitrogens is 2. The molecule has 5 rings (SSSR count). The van der Waals surface area contributed by atoms with Crippen LogP contribution in [0.4, 0.5) is 0 Å². The van der Waals surface area contributed by atoms with Crippen molar-refractivity contribution in [1.82, 2.24) is 19.9 Å². The van der Waals surface area contributed by atoms with Crippen LogP contribution in [-0.2, 0) is 80.9 Å². The molecule has 2 aliphatic heterocycles. The van der Waals surface area contributed by atoms with Gasteiger partial charge in [-0.25, -0.2) is 0 Å². The Balaban J connectivity index is 2.00. The van der Waals surface area contributed by atoms with Crippen molar-refractivity contribution < 1.29 is 57.2 Å². The van der Waals surface area contributed by atoms with Gasteiger partial charge in [0, 0.05) is 93.2 Å². The molecule has 0 spiro atoms. The molecule has 4 atom stereocenters. The maximum atomic E-state index is 13.3. The lowest BCUT2D eigenvalue weighted by molar-refractivity contribution is -0.143. The van der Waals surface area contributed by atoms with Crippen LogP contribution in [0.5, 0.6) is 0 Å². The molecule has 0 aliphatic carbocycles. The number of nitrogens with one attached hydrogen (secondary N) is 2. The summed E-state index contributed by atoms with van der Waals surface area (Å²) in [6, 6.07) is 7.56. The number of rotatable bonds is 16. The first-order valence-electron chi connectivity index (χ1n) is 20.6. The Morgan fingerprint density at radius 3 is 1.26 bits per heavy atom. The highest BCUT2D eigenvalue weighted by Gasteiger charge is 2.48. The molecule has 0 amide bonds. The smallest absolute Gasteiger partial charge is 0.306 e. The summed E-state index contributed by atoms with van der Waals surface area (Å²) in [6.07, 6.45) is 1.23. The van der Waals surface area contributed by atoms with Gasteiger partial charge in [-0.05, 0) is 86.1 Å². The van der Waals surface area contributed by atoms with Crippen LogP contribution in [0.2, 0.25) is 0 Å². The molecular formula is C46H58N4O12. The molecule has 3 aromatic rings. The van der Waals surface area contributed by atoms with Crippen LogP contribution in [0, 0.1) is 13.8 Å². The van der Waals surface area contributed by atoms with E-state index in [0.717, 1.165) is 22.3 Å². The first-order chi connectivity index (χ1) is 29.5. The topological polar surface area (TPSA) is 215 Å². The van der Waals surface area contributed by atoms with Crippen molar-refractivity contribution in [2.45, 2.75) is 115 Å². The summed E-state index contributed by atoms with van der Waals surface area (Å²) in [5.41, 5.74) is 6.16. The standard InChI is InChI=1S/C46H58N4O12/c1-25-27(11-15-39(51)57-5)33-20-34-28(12-16-40(52)58-6)26(2)32(48-34)21-37-46(4,24-44(56)62-10)30(14-18-42(54)60-8)36(50-37)22-38-45(3,23-43(55)61-9)29(13-17-41(53)59-7)35(49-38)19-31(25)47-33/h19-22,29-30,47-48H,11-18,23-24H2,1-10H3/t29-,30-,45-,46-/m0/s1. The summed E-state index contributed by atoms with van der Waals surface area (Å²) in [5.74, 6) is -3.66. The molecule has 0 saturated carbocycles. The number of methoxy groups -OCH3 is 6. The molecule has 16 nitrogen and oxygen atoms in total. The molecule has 0 unspecified atom stereocenters. The van der Waals surface area contributed by atoms with Crippen molar-refractivity contribution in [1.29, 1.82) is 0 Å². The van der Waals surface area contributed by atoms with Crippen molar-refractivity contribution >= 4 is 57.9 Å². The SMILES string of the molecule is COC(=O)CCc1c(C)c2cc3nc(cc4nc(cc5[nH]c(cc1[nH]2)c(CCC(=O)OC)c5C)[C@@](C)(CC(=O)OC)[C@H]4CCC(=O)OC)[C@@](C)(CC(=O)OC)[C@H]3CCC(=O)OC. The molecule has 0 aromatic carbocycles. The molecule has 0 radical (unpaired) electrons. The quantitative estimate of drug-likeness (QED) is 0.120. The van der Waals surface area contributed by atoms with Crippen LogP contribution in [0.25, 0.3) is 22.1 Å². The zero-order chi connectivity index (χ0) is 45.5. The Morgan fingerprint density at radius 1 is 0.500 bits per heavy atom. The monoisotopic (exact) mass is 858 g/mol. The fourth-order valence-electron chi connectivity index (χ4n) is 8.96. The highest BCUT2D eigenvalue weighted by atomic mass is 16.5. The van der Waals surface area contributed by atoms with Gasteiger partial charge >= 0.3 is 35.8 Å². The number of esters is 6. The molecule has 2 aliphatic rings. The van der Waals surface area contributed by atoms with E-state index in [1.807, 2.05) is 52.0 Å². The number of aryl methyl sites for hydroxylation is 4. The molecule has 3 aromatic heterocycles. The van der Waals surface area contributed by atoms with Gasteiger partial charge < -0.3 is 38.4 Å². The van der Waals surface area contributed by atoms with Gasteiger partial charge in [0.05, 0.1) is 55.5 Å². The van der Waals surface area contributed by atoms with Crippen LogP contribution < -0.4 is 0 Å². The second kappa shape index (κ2) is 19.8. The van der Waals surface area contributed by atoms with Gasteiger partial charge in [-0.1, -0.05) is 13.8 Å². The van der Waals surface area contributed by atoms with Gasteiger partial charge in [0.15, 0.2) is 0 Å². The molecule has 2 N–H and O–H groups in total. The molecule has 0 fully saturated rings. The van der Waals surface area contributed by atoms with Crippen LogP contribution in [0.15, 0.2) is 24.3 Å². The normalized spacial score (nSPS) is 19.3. The Hall–Kier alpha value is -6.06. The van der Waals surface area contributed by atoms with Crippen LogP contribution >= 0.6 is 0 Å². The molecule has 334 valence electrons. The third kappa shape index (κ3) is 9.84. The second-order valence-corrected chi connectivity index (χ2v) is 16.4. The van der Waals surface area contributed by atoms with Crippen molar-refractivity contribution in [3.8, 4) is 0 Å². The van der Waals surface area contributed by atoms with E-state index in [1.54, 1.807) is 0 Å². The predicted octanol–water partition coefficient (Wildman–Crippen LogP) is 6.26. The van der Waals surface area contributed by atoms with Crippen molar-refractivity contribution in [3.05, 3.63) is 69.3 Å². The third-order valence-corrected chi connectivity index (χ3v) is 12.8. The molecule has 5 heterocycles. The second-order valence-electron chi connectivity index (χ2n) is 16.4. The van der Waals surface area contributed by atoms with Gasteiger partial charge in [0.25, 0.3) is 0 Å². The number of hydrogen-bond donors (Lipinski definition) is 2. The van der Waals surface area contributed by atoms with Gasteiger partial charge in [0.2, 0.25) is 0 Å². The lowest BCUT2D eigenvalue weighted by Crippen LogP contribution is -2.32. The zero-order valence-corrected chi connectivity index (χ0v) is 37.3. The highest BCUT2D eigenvalue weighted by Crippen LogP contribution is 2.51. The largest absolute Gasteiger partial charge is 0.469 e. The first kappa shape index (κ1) is 47.0. The molecule has 8 bridgehead atoms. The summed E-state index contributed by atoms with van der Waals surface area (Å²) in [7, 11) is 7.94. The number of fused-ring (bicyclic) bond motifs is 8. The number of hydrogen-bond acceptors (Lipinski definition) is 14. The van der Waals surface area contributed by atoms with E-state index < -0.39 is 46.5 Å². The van der Waals surface area contributed by atoms with Gasteiger partial charge in [-0.15, -0.1) is 0 Å². The van der Waals surface area contributed by atoms with E-state index >= 15 is 0 Å². The fourth-order valence-corrected chi connectivity index (χ4v) is 8.96. The van der Waals surface area contributed by atoms with Crippen molar-refractivity contribution in [2.75, 3.05) is 42.7 Å². The maximum Gasteiger partial charge on any atom is 0.306 e. The average Bonchev–Trinajstić information content (AvgIpc) is 3.88. The van der Waals surface area contributed by atoms with E-state index in [4.69, 9.17) is 38.4 Å². The minimum Gasteiger partial charge on any atom is -0.469 e. The number of carbonyl (C=O) groups excluding carboxylic acids is 6. The van der Waals surface area contributed by atoms with E-state index in [-0.39, 0.29) is 63.3 Å². The molecule has 0 saturated heterocycles. The first-order valence-corrected chi connectivity index (χ1v) is 20.6. The van der Waals surface area contributed by atoms with E-state index in [0.29, 0.717) is 57.7 Å². The number of aromatic amines is 2. The van der Waals surface area contributed by atoms with Crippen LogP contribution in [0.1, 0.15) is 122 Å². The number of carbonyl (C=O) groups is 6. The summed E-state index contributed by atoms with van der Waals surface area (Å²) < 4.78 is 30.6. The van der Waals surface area contributed by atoms with Crippen LogP contribution in [-0.4, -0.2) is 98.4 Å². The maximum absolute atomic E-state index is 13.3. The van der Waals surface area contributed by atoms with E-state index in [2.05, 4.69) is 9.97 Å². The Kier molecular flexibility index (Phi) is 15.0. The Bertz CT molecular complexity index is 2400.